The first-order valence-electron chi connectivity index (χ1n) is 6.78. The Morgan fingerprint density at radius 1 is 1.45 bits per heavy atom. The normalized spacial score (nSPS) is 15.7. The van der Waals surface area contributed by atoms with E-state index in [1.807, 2.05) is 6.92 Å². The third kappa shape index (κ3) is 3.53. The van der Waals surface area contributed by atoms with Crippen LogP contribution in [-0.4, -0.2) is 39.2 Å². The highest BCUT2D eigenvalue weighted by atomic mass is 16.6. The number of hydrogen-bond acceptors (Lipinski definition) is 7. The van der Waals surface area contributed by atoms with Crippen LogP contribution in [0.1, 0.15) is 26.2 Å². The second-order valence-corrected chi connectivity index (χ2v) is 4.89. The van der Waals surface area contributed by atoms with Crippen LogP contribution in [0, 0.1) is 16.0 Å². The van der Waals surface area contributed by atoms with Crippen molar-refractivity contribution < 1.29 is 10.0 Å². The van der Waals surface area contributed by atoms with Gasteiger partial charge in [0.1, 0.15) is 6.33 Å². The number of aliphatic hydroxyl groups excluding tert-OH is 1. The van der Waals surface area contributed by atoms with E-state index in [0.29, 0.717) is 12.5 Å². The van der Waals surface area contributed by atoms with Crippen LogP contribution in [0.3, 0.4) is 0 Å². The van der Waals surface area contributed by atoms with Gasteiger partial charge in [-0.2, -0.15) is 0 Å². The zero-order chi connectivity index (χ0) is 14.5. The Labute approximate surface area is 116 Å². The summed E-state index contributed by atoms with van der Waals surface area (Å²) in [5, 5.41) is 26.7. The van der Waals surface area contributed by atoms with Crippen molar-refractivity contribution in [3.05, 3.63) is 16.4 Å². The smallest absolute Gasteiger partial charge is 0.353 e. The number of aliphatic hydroxyl groups is 1. The van der Waals surface area contributed by atoms with E-state index >= 15 is 0 Å². The fraction of sp³-hybridized carbons (Fsp3) is 0.667. The molecule has 1 fully saturated rings. The molecule has 1 heterocycles. The second-order valence-electron chi connectivity index (χ2n) is 4.89. The highest BCUT2D eigenvalue weighted by molar-refractivity contribution is 5.69. The Hall–Kier alpha value is -1.96. The molecule has 1 saturated carbocycles. The van der Waals surface area contributed by atoms with Crippen LogP contribution in [0.5, 0.6) is 0 Å². The van der Waals surface area contributed by atoms with Crippen LogP contribution in [0.2, 0.25) is 0 Å². The quantitative estimate of drug-likeness (QED) is 0.487. The molecule has 1 atom stereocenters. The van der Waals surface area contributed by atoms with E-state index < -0.39 is 11.0 Å². The zero-order valence-electron chi connectivity index (χ0n) is 11.4. The Kier molecular flexibility index (Phi) is 4.67. The molecule has 110 valence electrons. The van der Waals surface area contributed by atoms with Gasteiger partial charge in [0.05, 0.1) is 11.0 Å². The third-order valence-electron chi connectivity index (χ3n) is 3.19. The van der Waals surface area contributed by atoms with E-state index in [1.165, 1.54) is 6.33 Å². The molecular formula is C12H19N5O3. The van der Waals surface area contributed by atoms with Gasteiger partial charge in [0.2, 0.25) is 11.6 Å². The molecule has 1 aliphatic carbocycles. The maximum atomic E-state index is 11.2. The van der Waals surface area contributed by atoms with E-state index in [-0.39, 0.29) is 23.9 Å². The summed E-state index contributed by atoms with van der Waals surface area (Å²) in [6.45, 7) is 2.82. The van der Waals surface area contributed by atoms with Gasteiger partial charge in [-0.05, 0) is 25.2 Å². The van der Waals surface area contributed by atoms with Gasteiger partial charge in [-0.15, -0.1) is 0 Å². The Bertz CT molecular complexity index is 478. The molecule has 1 aliphatic rings. The molecule has 1 aromatic heterocycles. The van der Waals surface area contributed by atoms with Crippen LogP contribution in [0.4, 0.5) is 17.3 Å². The molecule has 8 nitrogen and oxygen atoms in total. The van der Waals surface area contributed by atoms with Gasteiger partial charge < -0.3 is 15.7 Å². The van der Waals surface area contributed by atoms with Gasteiger partial charge >= 0.3 is 5.69 Å². The average Bonchev–Trinajstić information content (AvgIpc) is 3.26. The summed E-state index contributed by atoms with van der Waals surface area (Å²) >= 11 is 0. The fourth-order valence-electron chi connectivity index (χ4n) is 1.90. The van der Waals surface area contributed by atoms with Crippen molar-refractivity contribution in [2.24, 2.45) is 5.92 Å². The van der Waals surface area contributed by atoms with Crippen LogP contribution >= 0.6 is 0 Å². The molecule has 3 N–H and O–H groups in total. The van der Waals surface area contributed by atoms with Gasteiger partial charge in [0, 0.05) is 13.1 Å². The Morgan fingerprint density at radius 3 is 2.65 bits per heavy atom. The molecule has 0 saturated heterocycles. The van der Waals surface area contributed by atoms with Crippen molar-refractivity contribution in [3.8, 4) is 0 Å². The van der Waals surface area contributed by atoms with Crippen molar-refractivity contribution in [1.29, 1.82) is 0 Å². The predicted octanol–water partition coefficient (Wildman–Crippen LogP) is 1.39. The van der Waals surface area contributed by atoms with Gasteiger partial charge in [-0.1, -0.05) is 6.92 Å². The van der Waals surface area contributed by atoms with Crippen LogP contribution in [0.25, 0.3) is 0 Å². The van der Waals surface area contributed by atoms with Crippen LogP contribution in [-0.2, 0) is 0 Å². The number of nitrogens with zero attached hydrogens (tertiary/aromatic N) is 3. The lowest BCUT2D eigenvalue weighted by atomic mass is 10.2. The molecule has 0 bridgehead atoms. The summed E-state index contributed by atoms with van der Waals surface area (Å²) < 4.78 is 0. The first-order valence-corrected chi connectivity index (χ1v) is 6.78. The number of nitro groups is 1. The van der Waals surface area contributed by atoms with E-state index in [9.17, 15) is 15.2 Å². The number of rotatable bonds is 8. The molecule has 1 aromatic rings. The van der Waals surface area contributed by atoms with Gasteiger partial charge in [-0.25, -0.2) is 9.97 Å². The molecule has 0 aliphatic heterocycles. The highest BCUT2D eigenvalue weighted by Crippen LogP contribution is 2.33. The Balaban J connectivity index is 2.11. The van der Waals surface area contributed by atoms with Crippen LogP contribution in [0.15, 0.2) is 6.33 Å². The third-order valence-corrected chi connectivity index (χ3v) is 3.19. The molecule has 0 amide bonds. The summed E-state index contributed by atoms with van der Waals surface area (Å²) in [5.74, 6) is 0.652. The van der Waals surface area contributed by atoms with Crippen molar-refractivity contribution in [2.45, 2.75) is 32.3 Å². The molecule has 2 rings (SSSR count). The number of hydrogen-bond donors (Lipinski definition) is 3. The second kappa shape index (κ2) is 6.47. The molecule has 1 unspecified atom stereocenters. The lowest BCUT2D eigenvalue weighted by Crippen LogP contribution is -2.22. The molecular weight excluding hydrogens is 262 g/mol. The van der Waals surface area contributed by atoms with Crippen LogP contribution < -0.4 is 10.6 Å². The monoisotopic (exact) mass is 281 g/mol. The molecule has 0 radical (unpaired) electrons. The van der Waals surface area contributed by atoms with E-state index in [1.54, 1.807) is 0 Å². The number of anilines is 2. The standard InChI is InChI=1S/C12H19N5O3/c1-2-5-13-11-10(17(19)20)12(16-7-15-11)14-6-9(18)8-3-4-8/h7-9,18H,2-6H2,1H3,(H2,13,14,15,16). The maximum absolute atomic E-state index is 11.2. The fourth-order valence-corrected chi connectivity index (χ4v) is 1.90. The van der Waals surface area contributed by atoms with Crippen molar-refractivity contribution in [2.75, 3.05) is 23.7 Å². The SMILES string of the molecule is CCCNc1ncnc(NCC(O)C2CC2)c1[N+](=O)[O-]. The minimum atomic E-state index is -0.510. The Morgan fingerprint density at radius 2 is 2.10 bits per heavy atom. The summed E-state index contributed by atoms with van der Waals surface area (Å²) in [6.07, 6.45) is 3.65. The minimum absolute atomic E-state index is 0.142. The first-order chi connectivity index (χ1) is 9.63. The zero-order valence-corrected chi connectivity index (χ0v) is 11.4. The lowest BCUT2D eigenvalue weighted by Gasteiger charge is -2.12. The largest absolute Gasteiger partial charge is 0.391 e. The molecule has 0 spiro atoms. The number of nitrogens with one attached hydrogen (secondary N) is 2. The summed E-state index contributed by atoms with van der Waals surface area (Å²) in [6, 6.07) is 0. The lowest BCUT2D eigenvalue weighted by molar-refractivity contribution is -0.383. The predicted molar refractivity (Wildman–Crippen MR) is 74.7 cm³/mol. The summed E-state index contributed by atoms with van der Waals surface area (Å²) in [7, 11) is 0. The average molecular weight is 281 g/mol. The summed E-state index contributed by atoms with van der Waals surface area (Å²) in [5.41, 5.74) is -0.177. The molecule has 0 aromatic carbocycles. The maximum Gasteiger partial charge on any atom is 0.353 e. The first kappa shape index (κ1) is 14.4. The van der Waals surface area contributed by atoms with E-state index in [4.69, 9.17) is 0 Å². The van der Waals surface area contributed by atoms with Gasteiger partial charge in [0.15, 0.2) is 0 Å². The van der Waals surface area contributed by atoms with Crippen molar-refractivity contribution in [1.82, 2.24) is 9.97 Å². The topological polar surface area (TPSA) is 113 Å². The molecule has 20 heavy (non-hydrogen) atoms. The van der Waals surface area contributed by atoms with E-state index in [2.05, 4.69) is 20.6 Å². The summed E-state index contributed by atoms with van der Waals surface area (Å²) in [4.78, 5) is 18.5. The number of aromatic nitrogens is 2. The van der Waals surface area contributed by atoms with Crippen molar-refractivity contribution in [3.63, 3.8) is 0 Å². The van der Waals surface area contributed by atoms with Gasteiger partial charge in [-0.3, -0.25) is 10.1 Å². The van der Waals surface area contributed by atoms with E-state index in [0.717, 1.165) is 19.3 Å². The molecule has 8 heteroatoms. The highest BCUT2D eigenvalue weighted by Gasteiger charge is 2.30. The minimum Gasteiger partial charge on any atom is -0.391 e. The van der Waals surface area contributed by atoms with Crippen molar-refractivity contribution >= 4 is 17.3 Å². The van der Waals surface area contributed by atoms with Gasteiger partial charge in [0.25, 0.3) is 0 Å².